The van der Waals surface area contributed by atoms with Gasteiger partial charge in [-0.05, 0) is 20.4 Å². The van der Waals surface area contributed by atoms with E-state index >= 15 is 0 Å². The fourth-order valence-electron chi connectivity index (χ4n) is 2.34. The van der Waals surface area contributed by atoms with Crippen LogP contribution in [0.4, 0.5) is 0 Å². The van der Waals surface area contributed by atoms with Crippen molar-refractivity contribution in [2.24, 2.45) is 5.92 Å². The summed E-state index contributed by atoms with van der Waals surface area (Å²) < 4.78 is 0. The maximum atomic E-state index is 11.2. The Bertz CT molecular complexity index is 222. The normalized spacial score (nSPS) is 41.8. The van der Waals surface area contributed by atoms with Crippen LogP contribution >= 0.6 is 0 Å². The zero-order chi connectivity index (χ0) is 8.01. The minimum atomic E-state index is 0.171. The summed E-state index contributed by atoms with van der Waals surface area (Å²) in [5.74, 6) is 0.812. The lowest BCUT2D eigenvalue weighted by atomic mass is 9.99. The molecule has 0 aromatic heterocycles. The Morgan fingerprint density at radius 3 is 2.64 bits per heavy atom. The van der Waals surface area contributed by atoms with Crippen LogP contribution in [0.15, 0.2) is 12.2 Å². The average Bonchev–Trinajstić information content (AvgIpc) is 2.44. The Hall–Kier alpha value is -0.630. The van der Waals surface area contributed by atoms with Crippen LogP contribution in [0.3, 0.4) is 0 Å². The van der Waals surface area contributed by atoms with Gasteiger partial charge in [0.1, 0.15) is 5.78 Å². The highest BCUT2D eigenvalue weighted by molar-refractivity contribution is 5.82. The topological polar surface area (TPSA) is 20.3 Å². The number of carbonyl (C=O) groups is 1. The maximum absolute atomic E-state index is 11.2. The quantitative estimate of drug-likeness (QED) is 0.517. The van der Waals surface area contributed by atoms with Crippen LogP contribution in [-0.2, 0) is 4.79 Å². The molecule has 0 N–H and O–H groups in total. The van der Waals surface area contributed by atoms with Crippen molar-refractivity contribution in [1.82, 2.24) is 4.90 Å². The van der Waals surface area contributed by atoms with Crippen molar-refractivity contribution in [2.45, 2.75) is 25.4 Å². The van der Waals surface area contributed by atoms with Gasteiger partial charge in [-0.2, -0.15) is 0 Å². The molecule has 1 saturated heterocycles. The largest absolute Gasteiger partial charge is 0.298 e. The number of nitrogens with zero attached hydrogens (tertiary/aromatic N) is 1. The van der Waals surface area contributed by atoms with Crippen LogP contribution in [0.1, 0.15) is 13.3 Å². The lowest BCUT2D eigenvalue weighted by molar-refractivity contribution is -0.121. The van der Waals surface area contributed by atoms with E-state index in [2.05, 4.69) is 17.1 Å². The number of hydrogen-bond donors (Lipinski definition) is 0. The zero-order valence-corrected chi connectivity index (χ0v) is 6.95. The molecule has 0 spiro atoms. The van der Waals surface area contributed by atoms with Crippen LogP contribution in [0.25, 0.3) is 0 Å². The maximum Gasteiger partial charge on any atom is 0.147 e. The number of carbonyl (C=O) groups excluding carboxylic acids is 1. The summed E-state index contributed by atoms with van der Waals surface area (Å²) in [4.78, 5) is 13.4. The molecule has 2 aliphatic rings. The molecule has 2 nitrogen and oxygen atoms in total. The van der Waals surface area contributed by atoms with E-state index in [4.69, 9.17) is 0 Å². The first-order valence-corrected chi connectivity index (χ1v) is 4.11. The molecule has 3 unspecified atom stereocenters. The average molecular weight is 151 g/mol. The number of likely N-dealkylation sites (N-methyl/N-ethyl adjacent to an activating group) is 1. The summed E-state index contributed by atoms with van der Waals surface area (Å²) >= 11 is 0. The van der Waals surface area contributed by atoms with Crippen molar-refractivity contribution in [3.63, 3.8) is 0 Å². The van der Waals surface area contributed by atoms with E-state index < -0.39 is 0 Å². The number of fused-ring (bicyclic) bond motifs is 2. The van der Waals surface area contributed by atoms with E-state index in [9.17, 15) is 4.79 Å². The standard InChI is InChI=1S/C9H13NO/c1-6(11)9-7-3-4-8(5-7)10(9)2/h3-4,7-9H,5H2,1-2H3. The summed E-state index contributed by atoms with van der Waals surface area (Å²) in [6.07, 6.45) is 5.56. The van der Waals surface area contributed by atoms with Gasteiger partial charge in [-0.25, -0.2) is 0 Å². The molecular formula is C9H13NO. The highest BCUT2D eigenvalue weighted by Gasteiger charge is 2.42. The van der Waals surface area contributed by atoms with Crippen molar-refractivity contribution in [1.29, 1.82) is 0 Å². The van der Waals surface area contributed by atoms with Crippen LogP contribution < -0.4 is 0 Å². The Balaban J connectivity index is 2.25. The summed E-state index contributed by atoms with van der Waals surface area (Å²) in [5, 5.41) is 0. The fourth-order valence-corrected chi connectivity index (χ4v) is 2.34. The van der Waals surface area contributed by atoms with Gasteiger partial charge in [-0.1, -0.05) is 12.2 Å². The predicted molar refractivity (Wildman–Crippen MR) is 43.3 cm³/mol. The van der Waals surface area contributed by atoms with Crippen LogP contribution in [-0.4, -0.2) is 29.8 Å². The van der Waals surface area contributed by atoms with Gasteiger partial charge in [-0.3, -0.25) is 9.69 Å². The van der Waals surface area contributed by atoms with Crippen molar-refractivity contribution in [3.8, 4) is 0 Å². The molecule has 1 fully saturated rings. The lowest BCUT2D eigenvalue weighted by Gasteiger charge is -2.26. The predicted octanol–water partition coefficient (Wildman–Crippen LogP) is 0.834. The Morgan fingerprint density at radius 2 is 2.27 bits per heavy atom. The molecule has 0 aromatic carbocycles. The number of ketones is 1. The lowest BCUT2D eigenvalue weighted by Crippen LogP contribution is -2.40. The molecule has 1 heterocycles. The monoisotopic (exact) mass is 151 g/mol. The summed E-state index contributed by atoms with van der Waals surface area (Å²) in [6.45, 7) is 1.69. The van der Waals surface area contributed by atoms with E-state index in [1.165, 1.54) is 0 Å². The van der Waals surface area contributed by atoms with Gasteiger partial charge in [0.15, 0.2) is 0 Å². The first-order chi connectivity index (χ1) is 5.20. The second kappa shape index (κ2) is 2.18. The van der Waals surface area contributed by atoms with Crippen molar-refractivity contribution in [2.75, 3.05) is 7.05 Å². The fraction of sp³-hybridized carbons (Fsp3) is 0.667. The molecule has 11 heavy (non-hydrogen) atoms. The molecule has 2 rings (SSSR count). The van der Waals surface area contributed by atoms with Crippen molar-refractivity contribution >= 4 is 5.78 Å². The van der Waals surface area contributed by atoms with Gasteiger partial charge >= 0.3 is 0 Å². The van der Waals surface area contributed by atoms with E-state index in [1.54, 1.807) is 6.92 Å². The first-order valence-electron chi connectivity index (χ1n) is 4.11. The van der Waals surface area contributed by atoms with Gasteiger partial charge in [0.2, 0.25) is 0 Å². The number of rotatable bonds is 1. The molecule has 0 amide bonds. The highest BCUT2D eigenvalue weighted by atomic mass is 16.1. The number of likely N-dealkylation sites (tertiary alicyclic amines) is 1. The first kappa shape index (κ1) is 7.04. The molecule has 0 radical (unpaired) electrons. The molecule has 2 bridgehead atoms. The van der Waals surface area contributed by atoms with Gasteiger partial charge < -0.3 is 0 Å². The minimum absolute atomic E-state index is 0.171. The van der Waals surface area contributed by atoms with Crippen LogP contribution in [0, 0.1) is 5.92 Å². The second-order valence-corrected chi connectivity index (χ2v) is 3.57. The van der Waals surface area contributed by atoms with Crippen molar-refractivity contribution < 1.29 is 4.79 Å². The molecule has 3 atom stereocenters. The van der Waals surface area contributed by atoms with Crippen molar-refractivity contribution in [3.05, 3.63) is 12.2 Å². The van der Waals surface area contributed by atoms with E-state index in [0.717, 1.165) is 6.42 Å². The van der Waals surface area contributed by atoms with Gasteiger partial charge in [0, 0.05) is 12.0 Å². The molecule has 2 heteroatoms. The van der Waals surface area contributed by atoms with E-state index in [0.29, 0.717) is 17.7 Å². The van der Waals surface area contributed by atoms with Crippen LogP contribution in [0.5, 0.6) is 0 Å². The summed E-state index contributed by atoms with van der Waals surface area (Å²) in [7, 11) is 2.04. The minimum Gasteiger partial charge on any atom is -0.298 e. The Morgan fingerprint density at radius 1 is 1.55 bits per heavy atom. The molecular weight excluding hydrogens is 138 g/mol. The molecule has 1 aliphatic heterocycles. The van der Waals surface area contributed by atoms with Gasteiger partial charge in [0.25, 0.3) is 0 Å². The van der Waals surface area contributed by atoms with E-state index in [1.807, 2.05) is 7.05 Å². The summed E-state index contributed by atoms with van der Waals surface area (Å²) in [6, 6.07) is 0.707. The third-order valence-electron chi connectivity index (χ3n) is 2.88. The molecule has 60 valence electrons. The SMILES string of the molecule is CC(=O)C1C2C=CC(C2)N1C. The highest BCUT2D eigenvalue weighted by Crippen LogP contribution is 2.36. The number of hydrogen-bond acceptors (Lipinski definition) is 2. The molecule has 0 saturated carbocycles. The molecule has 0 aromatic rings. The van der Waals surface area contributed by atoms with E-state index in [-0.39, 0.29) is 6.04 Å². The third kappa shape index (κ3) is 0.857. The Kier molecular flexibility index (Phi) is 1.39. The van der Waals surface area contributed by atoms with Gasteiger partial charge in [0.05, 0.1) is 6.04 Å². The van der Waals surface area contributed by atoms with Crippen LogP contribution in [0.2, 0.25) is 0 Å². The molecule has 1 aliphatic carbocycles. The van der Waals surface area contributed by atoms with Gasteiger partial charge in [-0.15, -0.1) is 0 Å². The second-order valence-electron chi connectivity index (χ2n) is 3.57. The third-order valence-corrected chi connectivity index (χ3v) is 2.88. The smallest absolute Gasteiger partial charge is 0.147 e. The number of Topliss-reactive ketones (excluding diaryl/α,β-unsaturated/α-hetero) is 1. The summed E-state index contributed by atoms with van der Waals surface area (Å²) in [5.41, 5.74) is 0. The Labute approximate surface area is 66.9 Å². The zero-order valence-electron chi connectivity index (χ0n) is 6.95.